The number of amides is 1. The lowest BCUT2D eigenvalue weighted by Gasteiger charge is -2.27. The molecule has 1 amide bonds. The van der Waals surface area contributed by atoms with E-state index in [1.54, 1.807) is 12.0 Å². The molecule has 1 unspecified atom stereocenters. The van der Waals surface area contributed by atoms with Crippen molar-refractivity contribution in [1.29, 1.82) is 0 Å². The van der Waals surface area contributed by atoms with Crippen molar-refractivity contribution in [3.63, 3.8) is 0 Å². The van der Waals surface area contributed by atoms with Crippen LogP contribution >= 0.6 is 0 Å². The first kappa shape index (κ1) is 20.6. The Hall–Kier alpha value is -3.08. The summed E-state index contributed by atoms with van der Waals surface area (Å²) in [5.74, 6) is -0.276. The summed E-state index contributed by atoms with van der Waals surface area (Å²) in [7, 11) is 1.60. The van der Waals surface area contributed by atoms with Crippen LogP contribution in [-0.4, -0.2) is 28.8 Å². The Balaban J connectivity index is 2.02. The van der Waals surface area contributed by atoms with Crippen LogP contribution < -0.4 is 4.74 Å². The molecule has 0 saturated carbocycles. The van der Waals surface area contributed by atoms with E-state index in [2.05, 4.69) is 0 Å². The van der Waals surface area contributed by atoms with Crippen LogP contribution in [0.2, 0.25) is 0 Å². The van der Waals surface area contributed by atoms with Gasteiger partial charge >= 0.3 is 0 Å². The van der Waals surface area contributed by atoms with E-state index in [1.165, 1.54) is 0 Å². The molecule has 1 aliphatic rings. The van der Waals surface area contributed by atoms with Crippen LogP contribution in [0.4, 0.5) is 0 Å². The maximum Gasteiger partial charge on any atom is 0.290 e. The lowest BCUT2D eigenvalue weighted by molar-refractivity contribution is -0.130. The number of aliphatic hydroxyl groups is 1. The van der Waals surface area contributed by atoms with Crippen LogP contribution in [-0.2, 0) is 16.1 Å². The second-order valence-electron chi connectivity index (χ2n) is 7.88. The van der Waals surface area contributed by atoms with Gasteiger partial charge in [0.2, 0.25) is 0 Å². The molecule has 1 N–H and O–H groups in total. The molecule has 1 heterocycles. The van der Waals surface area contributed by atoms with Gasteiger partial charge in [0.25, 0.3) is 5.91 Å². The second kappa shape index (κ2) is 8.52. The molecule has 2 aromatic carbocycles. The number of nitrogens with zero attached hydrogens (tertiary/aromatic N) is 1. The van der Waals surface area contributed by atoms with Crippen LogP contribution in [0.1, 0.15) is 43.0 Å². The molecular weight excluding hydrogens is 366 g/mol. The van der Waals surface area contributed by atoms with Gasteiger partial charge in [-0.3, -0.25) is 9.59 Å². The van der Waals surface area contributed by atoms with Crippen molar-refractivity contribution < 1.29 is 19.4 Å². The van der Waals surface area contributed by atoms with Gasteiger partial charge in [0.05, 0.1) is 18.7 Å². The van der Waals surface area contributed by atoms with Crippen LogP contribution in [0.3, 0.4) is 0 Å². The maximum atomic E-state index is 12.9. The summed E-state index contributed by atoms with van der Waals surface area (Å²) >= 11 is 0. The summed E-state index contributed by atoms with van der Waals surface area (Å²) in [6.07, 6.45) is 0.283. The summed E-state index contributed by atoms with van der Waals surface area (Å²) in [6, 6.07) is 14.5. The molecule has 0 fully saturated rings. The minimum atomic E-state index is -0.601. The quantitative estimate of drug-likeness (QED) is 0.751. The number of aryl methyl sites for hydroxylation is 1. The third kappa shape index (κ3) is 4.34. The number of methoxy groups -OCH3 is 1. The Morgan fingerprint density at radius 2 is 1.86 bits per heavy atom. The molecule has 0 bridgehead atoms. The number of hydrogen-bond acceptors (Lipinski definition) is 4. The molecule has 5 heteroatoms. The minimum absolute atomic E-state index is 0.131. The van der Waals surface area contributed by atoms with E-state index in [1.807, 2.05) is 69.3 Å². The summed E-state index contributed by atoms with van der Waals surface area (Å²) in [5.41, 5.74) is 2.94. The molecule has 2 aromatic rings. The van der Waals surface area contributed by atoms with Gasteiger partial charge in [-0.1, -0.05) is 55.8 Å². The first-order valence-electron chi connectivity index (χ1n) is 9.78. The maximum absolute atomic E-state index is 12.9. The number of hydrogen-bond donors (Lipinski definition) is 1. The van der Waals surface area contributed by atoms with Crippen LogP contribution in [0, 0.1) is 12.8 Å². The highest BCUT2D eigenvalue weighted by Crippen LogP contribution is 2.39. The Labute approximate surface area is 171 Å². The van der Waals surface area contributed by atoms with Gasteiger partial charge < -0.3 is 14.7 Å². The van der Waals surface area contributed by atoms with Crippen LogP contribution in [0.25, 0.3) is 0 Å². The lowest BCUT2D eigenvalue weighted by Crippen LogP contribution is -2.30. The van der Waals surface area contributed by atoms with Crippen LogP contribution in [0.15, 0.2) is 59.9 Å². The zero-order chi connectivity index (χ0) is 21.1. The number of Topliss-reactive ketones (excluding diaryl/α,β-unsaturated/α-hetero) is 1. The first-order chi connectivity index (χ1) is 13.8. The molecule has 1 atom stereocenters. The molecule has 0 aliphatic carbocycles. The number of rotatable bonds is 7. The van der Waals surface area contributed by atoms with Crippen molar-refractivity contribution >= 4 is 11.7 Å². The zero-order valence-corrected chi connectivity index (χ0v) is 17.3. The van der Waals surface area contributed by atoms with Crippen molar-refractivity contribution in [2.45, 2.75) is 39.8 Å². The van der Waals surface area contributed by atoms with E-state index in [4.69, 9.17) is 4.74 Å². The molecule has 5 nitrogen and oxygen atoms in total. The monoisotopic (exact) mass is 393 g/mol. The Morgan fingerprint density at radius 3 is 2.45 bits per heavy atom. The van der Waals surface area contributed by atoms with E-state index >= 15 is 0 Å². The van der Waals surface area contributed by atoms with Crippen molar-refractivity contribution in [3.05, 3.63) is 76.6 Å². The first-order valence-corrected chi connectivity index (χ1v) is 9.78. The number of ketones is 1. The predicted octanol–water partition coefficient (Wildman–Crippen LogP) is 4.51. The third-order valence-corrected chi connectivity index (χ3v) is 5.07. The van der Waals surface area contributed by atoms with Gasteiger partial charge in [0.15, 0.2) is 11.5 Å². The second-order valence-corrected chi connectivity index (χ2v) is 7.88. The zero-order valence-electron chi connectivity index (χ0n) is 17.3. The Morgan fingerprint density at radius 1 is 1.17 bits per heavy atom. The summed E-state index contributed by atoms with van der Waals surface area (Å²) < 4.78 is 5.19. The summed E-state index contributed by atoms with van der Waals surface area (Å²) in [5, 5.41) is 10.6. The van der Waals surface area contributed by atoms with E-state index in [0.717, 1.165) is 22.4 Å². The van der Waals surface area contributed by atoms with Gasteiger partial charge in [-0.2, -0.15) is 0 Å². The van der Waals surface area contributed by atoms with Gasteiger partial charge in [0, 0.05) is 13.0 Å². The van der Waals surface area contributed by atoms with E-state index in [9.17, 15) is 14.7 Å². The van der Waals surface area contributed by atoms with E-state index < -0.39 is 17.7 Å². The standard InChI is InChI=1S/C24H27NO4/c1-15(2)12-20(26)21-22(18-7-5-6-16(3)13-18)25(24(28)23(21)27)14-17-8-10-19(29-4)11-9-17/h5-11,13,15,22,27H,12,14H2,1-4H3. The topological polar surface area (TPSA) is 66.8 Å². The number of carbonyl (C=O) groups is 2. The minimum Gasteiger partial charge on any atom is -0.503 e. The molecule has 152 valence electrons. The SMILES string of the molecule is COc1ccc(CN2C(=O)C(O)=C(C(=O)CC(C)C)C2c2cccc(C)c2)cc1. The fourth-order valence-corrected chi connectivity index (χ4v) is 3.70. The molecular formula is C24H27NO4. The van der Waals surface area contributed by atoms with Gasteiger partial charge in [-0.25, -0.2) is 0 Å². The Bertz CT molecular complexity index is 944. The fraction of sp³-hybridized carbons (Fsp3) is 0.333. The average Bonchev–Trinajstić information content (AvgIpc) is 2.93. The summed E-state index contributed by atoms with van der Waals surface area (Å²) in [6.45, 7) is 6.14. The molecule has 0 saturated heterocycles. The third-order valence-electron chi connectivity index (χ3n) is 5.07. The summed E-state index contributed by atoms with van der Waals surface area (Å²) in [4.78, 5) is 27.5. The fourth-order valence-electron chi connectivity index (χ4n) is 3.70. The number of ether oxygens (including phenoxy) is 1. The molecule has 0 spiro atoms. The van der Waals surface area contributed by atoms with E-state index in [0.29, 0.717) is 0 Å². The molecule has 1 aliphatic heterocycles. The lowest BCUT2D eigenvalue weighted by atomic mass is 9.91. The number of benzene rings is 2. The van der Waals surface area contributed by atoms with Crippen LogP contribution in [0.5, 0.6) is 5.75 Å². The average molecular weight is 393 g/mol. The van der Waals surface area contributed by atoms with Crippen molar-refractivity contribution in [3.8, 4) is 5.75 Å². The normalized spacial score (nSPS) is 16.7. The largest absolute Gasteiger partial charge is 0.503 e. The van der Waals surface area contributed by atoms with Gasteiger partial charge in [0.1, 0.15) is 5.75 Å². The van der Waals surface area contributed by atoms with Gasteiger partial charge in [-0.15, -0.1) is 0 Å². The highest BCUT2D eigenvalue weighted by atomic mass is 16.5. The smallest absolute Gasteiger partial charge is 0.290 e. The number of aliphatic hydroxyl groups excluding tert-OH is 1. The highest BCUT2D eigenvalue weighted by Gasteiger charge is 2.43. The van der Waals surface area contributed by atoms with Crippen molar-refractivity contribution in [2.75, 3.05) is 7.11 Å². The molecule has 0 radical (unpaired) electrons. The highest BCUT2D eigenvalue weighted by molar-refractivity contribution is 6.09. The van der Waals surface area contributed by atoms with Crippen molar-refractivity contribution in [1.82, 2.24) is 4.90 Å². The molecule has 29 heavy (non-hydrogen) atoms. The molecule has 3 rings (SSSR count). The van der Waals surface area contributed by atoms with E-state index in [-0.39, 0.29) is 30.2 Å². The molecule has 0 aromatic heterocycles. The Kier molecular flexibility index (Phi) is 6.06. The predicted molar refractivity (Wildman–Crippen MR) is 112 cm³/mol. The van der Waals surface area contributed by atoms with Crippen molar-refractivity contribution in [2.24, 2.45) is 5.92 Å². The number of carbonyl (C=O) groups excluding carboxylic acids is 2. The van der Waals surface area contributed by atoms with Gasteiger partial charge in [-0.05, 0) is 36.1 Å².